The van der Waals surface area contributed by atoms with E-state index in [9.17, 15) is 0 Å². The number of aromatic amines is 2. The summed E-state index contributed by atoms with van der Waals surface area (Å²) in [5.74, 6) is 1.79. The van der Waals surface area contributed by atoms with Gasteiger partial charge < -0.3 is 9.97 Å². The molecule has 0 amide bonds. The molecule has 5 rings (SSSR count). The molecule has 0 fully saturated rings. The summed E-state index contributed by atoms with van der Waals surface area (Å²) in [6.07, 6.45) is 1.94. The molecule has 0 bridgehead atoms. The number of pyridine rings is 1. The van der Waals surface area contributed by atoms with Gasteiger partial charge in [0.2, 0.25) is 0 Å². The number of rotatable bonds is 2. The summed E-state index contributed by atoms with van der Waals surface area (Å²) >= 11 is 0. The van der Waals surface area contributed by atoms with Crippen LogP contribution in [0.2, 0.25) is 0 Å². The van der Waals surface area contributed by atoms with E-state index >= 15 is 0 Å². The van der Waals surface area contributed by atoms with Crippen molar-refractivity contribution in [3.8, 4) is 22.6 Å². The van der Waals surface area contributed by atoms with Crippen molar-refractivity contribution >= 4 is 22.1 Å². The lowest BCUT2D eigenvalue weighted by Crippen LogP contribution is -2.12. The molecular weight excluding hydrogens is 394 g/mol. The number of hydrogen-bond acceptors (Lipinski definition) is 3. The summed E-state index contributed by atoms with van der Waals surface area (Å²) in [7, 11) is 0. The Bertz CT molecular complexity index is 1420. The highest BCUT2D eigenvalue weighted by atomic mass is 14.9. The second-order valence-corrected chi connectivity index (χ2v) is 10.6. The molecule has 0 saturated heterocycles. The average molecular weight is 424 g/mol. The summed E-state index contributed by atoms with van der Waals surface area (Å²) < 4.78 is 0. The minimum atomic E-state index is -0.0104. The maximum Gasteiger partial charge on any atom is 0.157 e. The molecule has 2 aromatic carbocycles. The molecule has 5 heteroatoms. The van der Waals surface area contributed by atoms with E-state index in [2.05, 4.69) is 99.0 Å². The van der Waals surface area contributed by atoms with Gasteiger partial charge in [0.25, 0.3) is 0 Å². The Kier molecular flexibility index (Phi) is 4.48. The van der Waals surface area contributed by atoms with Crippen LogP contribution in [0.5, 0.6) is 0 Å². The van der Waals surface area contributed by atoms with Gasteiger partial charge in [-0.15, -0.1) is 0 Å². The molecule has 0 unspecified atom stereocenters. The van der Waals surface area contributed by atoms with Crippen molar-refractivity contribution in [3.63, 3.8) is 0 Å². The van der Waals surface area contributed by atoms with E-state index in [0.717, 1.165) is 50.5 Å². The Balaban J connectivity index is 1.50. The minimum Gasteiger partial charge on any atom is -0.342 e. The normalized spacial score (nSPS) is 12.7. The molecule has 0 spiro atoms. The fraction of sp³-hybridized carbons (Fsp3) is 0.296. The number of benzene rings is 2. The standard InChI is InChI=1S/C27H29N5/c1-26(2,3)18-9-12-21(28-15-18)24-29-19-10-7-16(13-22(19)30-24)17-8-11-20-23(14-17)32-25(31-20)27(4,5)6/h7-15H,1-6H3,(H,29,30)(H,31,32). The topological polar surface area (TPSA) is 70.2 Å². The first kappa shape index (κ1) is 20.4. The van der Waals surface area contributed by atoms with Crippen LogP contribution in [0.15, 0.2) is 54.7 Å². The van der Waals surface area contributed by atoms with Crippen molar-refractivity contribution in [1.29, 1.82) is 0 Å². The Morgan fingerprint density at radius 3 is 1.84 bits per heavy atom. The van der Waals surface area contributed by atoms with E-state index in [1.807, 2.05) is 12.3 Å². The molecule has 0 radical (unpaired) electrons. The van der Waals surface area contributed by atoms with Crippen LogP contribution in [-0.4, -0.2) is 24.9 Å². The third-order valence-electron chi connectivity index (χ3n) is 5.88. The Morgan fingerprint density at radius 1 is 0.656 bits per heavy atom. The van der Waals surface area contributed by atoms with Gasteiger partial charge in [-0.25, -0.2) is 9.97 Å². The molecule has 0 atom stereocenters. The fourth-order valence-corrected chi connectivity index (χ4v) is 3.83. The second kappa shape index (κ2) is 7.02. The van der Waals surface area contributed by atoms with Gasteiger partial charge in [-0.2, -0.15) is 0 Å². The zero-order valence-electron chi connectivity index (χ0n) is 19.5. The molecule has 0 saturated carbocycles. The predicted octanol–water partition coefficient (Wildman–Crippen LogP) is 6.76. The predicted molar refractivity (Wildman–Crippen MR) is 132 cm³/mol. The van der Waals surface area contributed by atoms with Gasteiger partial charge in [-0.3, -0.25) is 4.98 Å². The molecule has 5 aromatic rings. The van der Waals surface area contributed by atoms with Crippen LogP contribution in [0.4, 0.5) is 0 Å². The highest BCUT2D eigenvalue weighted by molar-refractivity contribution is 5.87. The minimum absolute atomic E-state index is 0.0104. The summed E-state index contributed by atoms with van der Waals surface area (Å²) in [5.41, 5.74) is 8.40. The van der Waals surface area contributed by atoms with Gasteiger partial charge >= 0.3 is 0 Å². The third-order valence-corrected chi connectivity index (χ3v) is 5.88. The lowest BCUT2D eigenvalue weighted by atomic mass is 9.88. The van der Waals surface area contributed by atoms with Crippen molar-refractivity contribution in [1.82, 2.24) is 24.9 Å². The Morgan fingerprint density at radius 2 is 1.28 bits per heavy atom. The van der Waals surface area contributed by atoms with Gasteiger partial charge in [0.05, 0.1) is 22.1 Å². The van der Waals surface area contributed by atoms with E-state index in [0.29, 0.717) is 0 Å². The zero-order valence-corrected chi connectivity index (χ0v) is 19.5. The molecule has 32 heavy (non-hydrogen) atoms. The average Bonchev–Trinajstić information content (AvgIpc) is 3.36. The maximum absolute atomic E-state index is 4.76. The van der Waals surface area contributed by atoms with E-state index in [1.54, 1.807) is 0 Å². The highest BCUT2D eigenvalue weighted by Crippen LogP contribution is 2.30. The number of H-pyrrole nitrogens is 2. The van der Waals surface area contributed by atoms with Gasteiger partial charge in [-0.1, -0.05) is 59.7 Å². The zero-order chi connectivity index (χ0) is 22.7. The Labute approximate surface area is 188 Å². The van der Waals surface area contributed by atoms with Crippen molar-refractivity contribution in [2.24, 2.45) is 0 Å². The maximum atomic E-state index is 4.76. The summed E-state index contributed by atoms with van der Waals surface area (Å²) in [6, 6.07) is 16.9. The van der Waals surface area contributed by atoms with E-state index in [-0.39, 0.29) is 10.8 Å². The largest absolute Gasteiger partial charge is 0.342 e. The van der Waals surface area contributed by atoms with Crippen LogP contribution in [0, 0.1) is 0 Å². The number of fused-ring (bicyclic) bond motifs is 2. The van der Waals surface area contributed by atoms with Crippen LogP contribution in [0.25, 0.3) is 44.7 Å². The lowest BCUT2D eigenvalue weighted by molar-refractivity contribution is 0.554. The molecule has 0 aliphatic carbocycles. The van der Waals surface area contributed by atoms with Crippen molar-refractivity contribution in [2.45, 2.75) is 52.4 Å². The van der Waals surface area contributed by atoms with Crippen LogP contribution in [0.3, 0.4) is 0 Å². The van der Waals surface area contributed by atoms with Crippen molar-refractivity contribution in [2.75, 3.05) is 0 Å². The molecule has 2 N–H and O–H groups in total. The van der Waals surface area contributed by atoms with Crippen LogP contribution >= 0.6 is 0 Å². The van der Waals surface area contributed by atoms with Gasteiger partial charge in [-0.05, 0) is 52.4 Å². The molecule has 3 heterocycles. The van der Waals surface area contributed by atoms with E-state index in [1.165, 1.54) is 5.56 Å². The van der Waals surface area contributed by atoms with Gasteiger partial charge in [0, 0.05) is 11.6 Å². The summed E-state index contributed by atoms with van der Waals surface area (Å²) in [5, 5.41) is 0. The molecule has 162 valence electrons. The molecular formula is C27H29N5. The number of hydrogen-bond donors (Lipinski definition) is 2. The third kappa shape index (κ3) is 3.68. The first-order valence-corrected chi connectivity index (χ1v) is 11.1. The van der Waals surface area contributed by atoms with Crippen LogP contribution in [-0.2, 0) is 10.8 Å². The Hall–Kier alpha value is -3.47. The van der Waals surface area contributed by atoms with Crippen molar-refractivity contribution < 1.29 is 0 Å². The molecule has 5 nitrogen and oxygen atoms in total. The number of imidazole rings is 2. The molecule has 0 aliphatic heterocycles. The summed E-state index contributed by atoms with van der Waals surface area (Å²) in [6.45, 7) is 13.1. The van der Waals surface area contributed by atoms with Gasteiger partial charge in [0.1, 0.15) is 11.5 Å². The number of nitrogens with zero attached hydrogens (tertiary/aromatic N) is 3. The fourth-order valence-electron chi connectivity index (χ4n) is 3.83. The summed E-state index contributed by atoms with van der Waals surface area (Å²) in [4.78, 5) is 21.1. The van der Waals surface area contributed by atoms with Crippen molar-refractivity contribution in [3.05, 3.63) is 66.1 Å². The number of aromatic nitrogens is 5. The van der Waals surface area contributed by atoms with Crippen LogP contribution in [0.1, 0.15) is 52.9 Å². The highest BCUT2D eigenvalue weighted by Gasteiger charge is 2.18. The van der Waals surface area contributed by atoms with Crippen LogP contribution < -0.4 is 0 Å². The first-order valence-electron chi connectivity index (χ1n) is 11.1. The lowest BCUT2D eigenvalue weighted by Gasteiger charge is -2.18. The molecule has 3 aromatic heterocycles. The second-order valence-electron chi connectivity index (χ2n) is 10.6. The smallest absolute Gasteiger partial charge is 0.157 e. The monoisotopic (exact) mass is 423 g/mol. The SMILES string of the molecule is CC(C)(C)c1ccc(-c2nc3ccc(-c4ccc5nc(C(C)(C)C)[nH]c5c4)cc3[nH]2)nc1. The first-order chi connectivity index (χ1) is 15.1. The van der Waals surface area contributed by atoms with E-state index < -0.39 is 0 Å². The molecule has 0 aliphatic rings. The number of nitrogens with one attached hydrogen (secondary N) is 2. The van der Waals surface area contributed by atoms with E-state index in [4.69, 9.17) is 9.97 Å². The van der Waals surface area contributed by atoms with Gasteiger partial charge in [0.15, 0.2) is 5.82 Å². The quantitative estimate of drug-likeness (QED) is 0.329.